The van der Waals surface area contributed by atoms with Crippen LogP contribution < -0.4 is 5.32 Å². The third-order valence-electron chi connectivity index (χ3n) is 2.83. The predicted octanol–water partition coefficient (Wildman–Crippen LogP) is 3.29. The van der Waals surface area contributed by atoms with Crippen LogP contribution in [-0.4, -0.2) is 10.9 Å². The molecule has 0 atom stereocenters. The van der Waals surface area contributed by atoms with E-state index in [1.54, 1.807) is 0 Å². The Balaban J connectivity index is 2.00. The number of hydrogen-bond acceptors (Lipinski definition) is 2. The summed E-state index contributed by atoms with van der Waals surface area (Å²) in [5.41, 5.74) is 2.03. The number of nitrogens with zero attached hydrogens (tertiary/aromatic N) is 1. The van der Waals surface area contributed by atoms with Gasteiger partial charge in [-0.1, -0.05) is 39.0 Å². The number of fused-ring (bicyclic) bond motifs is 1. The Kier molecular flexibility index (Phi) is 3.84. The number of amides is 1. The van der Waals surface area contributed by atoms with Crippen molar-refractivity contribution in [3.8, 4) is 0 Å². The molecule has 0 aliphatic heterocycles. The van der Waals surface area contributed by atoms with E-state index in [2.05, 4.69) is 37.1 Å². The summed E-state index contributed by atoms with van der Waals surface area (Å²) in [7, 11) is 0. The molecule has 2 aromatic rings. The molecule has 0 saturated heterocycles. The molecule has 19 heavy (non-hydrogen) atoms. The highest BCUT2D eigenvalue weighted by atomic mass is 16.1. The molecule has 1 aromatic heterocycles. The topological polar surface area (TPSA) is 42.0 Å². The van der Waals surface area contributed by atoms with Crippen LogP contribution in [0.1, 0.15) is 32.8 Å². The van der Waals surface area contributed by atoms with Crippen LogP contribution in [0.3, 0.4) is 0 Å². The highest BCUT2D eigenvalue weighted by molar-refractivity contribution is 5.79. The summed E-state index contributed by atoms with van der Waals surface area (Å²) in [4.78, 5) is 16.1. The quantitative estimate of drug-likeness (QED) is 0.915. The maximum atomic E-state index is 11.8. The van der Waals surface area contributed by atoms with E-state index in [9.17, 15) is 4.79 Å². The number of carbonyl (C=O) groups is 1. The van der Waals surface area contributed by atoms with Crippen molar-refractivity contribution in [2.75, 3.05) is 0 Å². The predicted molar refractivity (Wildman–Crippen MR) is 77.7 cm³/mol. The lowest BCUT2D eigenvalue weighted by Gasteiger charge is -2.17. The molecule has 3 heteroatoms. The van der Waals surface area contributed by atoms with Gasteiger partial charge in [0.2, 0.25) is 5.91 Å². The molecule has 0 saturated carbocycles. The summed E-state index contributed by atoms with van der Waals surface area (Å²) in [6.45, 7) is 6.71. The second kappa shape index (κ2) is 5.39. The van der Waals surface area contributed by atoms with E-state index >= 15 is 0 Å². The lowest BCUT2D eigenvalue weighted by atomic mass is 9.92. The molecule has 0 radical (unpaired) electrons. The average Bonchev–Trinajstić information content (AvgIpc) is 2.34. The number of para-hydroxylation sites is 1. The molecule has 1 N–H and O–H groups in total. The first-order chi connectivity index (χ1) is 8.94. The molecule has 0 fully saturated rings. The minimum atomic E-state index is 0.0196. The number of hydrogen-bond donors (Lipinski definition) is 1. The van der Waals surface area contributed by atoms with Crippen LogP contribution in [0.2, 0.25) is 0 Å². The smallest absolute Gasteiger partial charge is 0.220 e. The Morgan fingerprint density at radius 3 is 2.74 bits per heavy atom. The monoisotopic (exact) mass is 256 g/mol. The lowest BCUT2D eigenvalue weighted by molar-refractivity contribution is -0.122. The summed E-state index contributed by atoms with van der Waals surface area (Å²) >= 11 is 0. The number of carbonyl (C=O) groups excluding carboxylic acids is 1. The van der Waals surface area contributed by atoms with E-state index in [-0.39, 0.29) is 11.3 Å². The molecule has 0 spiro atoms. The van der Waals surface area contributed by atoms with E-state index < -0.39 is 0 Å². The van der Waals surface area contributed by atoms with Gasteiger partial charge >= 0.3 is 0 Å². The molecule has 0 aliphatic carbocycles. The maximum Gasteiger partial charge on any atom is 0.220 e. The highest BCUT2D eigenvalue weighted by Gasteiger charge is 2.15. The summed E-state index contributed by atoms with van der Waals surface area (Å²) in [6.07, 6.45) is 2.35. The van der Waals surface area contributed by atoms with Crippen molar-refractivity contribution < 1.29 is 4.79 Å². The van der Waals surface area contributed by atoms with E-state index in [0.29, 0.717) is 13.0 Å². The van der Waals surface area contributed by atoms with Crippen LogP contribution in [0.25, 0.3) is 10.9 Å². The minimum absolute atomic E-state index is 0.0196. The fraction of sp³-hybridized carbons (Fsp3) is 0.375. The van der Waals surface area contributed by atoms with Crippen molar-refractivity contribution in [2.45, 2.75) is 33.7 Å². The Labute approximate surface area is 114 Å². The first-order valence-electron chi connectivity index (χ1n) is 6.54. The zero-order valence-electron chi connectivity index (χ0n) is 11.7. The van der Waals surface area contributed by atoms with Crippen molar-refractivity contribution in [1.82, 2.24) is 10.3 Å². The van der Waals surface area contributed by atoms with Crippen molar-refractivity contribution in [1.29, 1.82) is 0 Å². The fourth-order valence-electron chi connectivity index (χ4n) is 1.96. The molecule has 100 valence electrons. The van der Waals surface area contributed by atoms with Crippen molar-refractivity contribution in [2.24, 2.45) is 5.41 Å². The van der Waals surface area contributed by atoms with Crippen LogP contribution in [0.4, 0.5) is 0 Å². The largest absolute Gasteiger partial charge is 0.352 e. The number of nitrogens with one attached hydrogen (secondary N) is 1. The summed E-state index contributed by atoms with van der Waals surface area (Å²) < 4.78 is 0. The SMILES string of the molecule is CC(C)(C)CC(=O)NCc1cnc2ccccc2c1. The number of aromatic nitrogens is 1. The van der Waals surface area contributed by atoms with Gasteiger partial charge in [-0.15, -0.1) is 0 Å². The van der Waals surface area contributed by atoms with Gasteiger partial charge in [0.1, 0.15) is 0 Å². The number of rotatable bonds is 3. The fourth-order valence-corrected chi connectivity index (χ4v) is 1.96. The molecule has 0 bridgehead atoms. The van der Waals surface area contributed by atoms with Gasteiger partial charge in [0, 0.05) is 24.5 Å². The standard InChI is InChI=1S/C16H20N2O/c1-16(2,3)9-15(19)18-11-12-8-13-6-4-5-7-14(13)17-10-12/h4-8,10H,9,11H2,1-3H3,(H,18,19). The first-order valence-corrected chi connectivity index (χ1v) is 6.54. The molecular formula is C16H20N2O. The van der Waals surface area contributed by atoms with Crippen LogP contribution >= 0.6 is 0 Å². The Bertz CT molecular complexity index is 585. The molecule has 1 aromatic carbocycles. The summed E-state index contributed by atoms with van der Waals surface area (Å²) in [6, 6.07) is 10.0. The van der Waals surface area contributed by atoms with Crippen LogP contribution in [0.5, 0.6) is 0 Å². The third kappa shape index (κ3) is 4.05. The van der Waals surface area contributed by atoms with Gasteiger partial charge in [0.25, 0.3) is 0 Å². The lowest BCUT2D eigenvalue weighted by Crippen LogP contribution is -2.27. The molecule has 3 nitrogen and oxygen atoms in total. The van der Waals surface area contributed by atoms with E-state index in [1.165, 1.54) is 0 Å². The van der Waals surface area contributed by atoms with Gasteiger partial charge in [-0.05, 0) is 23.1 Å². The van der Waals surface area contributed by atoms with Gasteiger partial charge in [0.15, 0.2) is 0 Å². The number of benzene rings is 1. The van der Waals surface area contributed by atoms with Crippen LogP contribution in [0, 0.1) is 5.41 Å². The Morgan fingerprint density at radius 2 is 2.00 bits per heavy atom. The molecule has 2 rings (SSSR count). The second-order valence-electron chi connectivity index (χ2n) is 6.05. The van der Waals surface area contributed by atoms with Gasteiger partial charge in [-0.2, -0.15) is 0 Å². The normalized spacial score (nSPS) is 11.5. The van der Waals surface area contributed by atoms with Crippen molar-refractivity contribution in [3.63, 3.8) is 0 Å². The molecule has 0 aliphatic rings. The Hall–Kier alpha value is -1.90. The summed E-state index contributed by atoms with van der Waals surface area (Å²) in [5, 5.41) is 4.04. The van der Waals surface area contributed by atoms with Crippen molar-refractivity contribution in [3.05, 3.63) is 42.1 Å². The summed E-state index contributed by atoms with van der Waals surface area (Å²) in [5.74, 6) is 0.0839. The average molecular weight is 256 g/mol. The third-order valence-corrected chi connectivity index (χ3v) is 2.83. The van der Waals surface area contributed by atoms with Crippen LogP contribution in [-0.2, 0) is 11.3 Å². The van der Waals surface area contributed by atoms with Gasteiger partial charge in [0.05, 0.1) is 5.52 Å². The van der Waals surface area contributed by atoms with E-state index in [0.717, 1.165) is 16.5 Å². The van der Waals surface area contributed by atoms with E-state index in [4.69, 9.17) is 0 Å². The van der Waals surface area contributed by atoms with Gasteiger partial charge < -0.3 is 5.32 Å². The van der Waals surface area contributed by atoms with Crippen molar-refractivity contribution >= 4 is 16.8 Å². The zero-order chi connectivity index (χ0) is 13.9. The molecular weight excluding hydrogens is 236 g/mol. The number of pyridine rings is 1. The van der Waals surface area contributed by atoms with Crippen LogP contribution in [0.15, 0.2) is 36.5 Å². The second-order valence-corrected chi connectivity index (χ2v) is 6.05. The zero-order valence-corrected chi connectivity index (χ0v) is 11.7. The highest BCUT2D eigenvalue weighted by Crippen LogP contribution is 2.18. The van der Waals surface area contributed by atoms with Gasteiger partial charge in [-0.3, -0.25) is 9.78 Å². The molecule has 0 unspecified atom stereocenters. The molecule has 1 amide bonds. The first kappa shape index (κ1) is 13.5. The minimum Gasteiger partial charge on any atom is -0.352 e. The van der Waals surface area contributed by atoms with Gasteiger partial charge in [-0.25, -0.2) is 0 Å². The Morgan fingerprint density at radius 1 is 1.26 bits per heavy atom. The maximum absolute atomic E-state index is 11.8. The molecule has 1 heterocycles. The van der Waals surface area contributed by atoms with E-state index in [1.807, 2.05) is 30.5 Å².